The summed E-state index contributed by atoms with van der Waals surface area (Å²) < 4.78 is 0. The Labute approximate surface area is 107 Å². The van der Waals surface area contributed by atoms with E-state index >= 15 is 0 Å². The van der Waals surface area contributed by atoms with Crippen molar-refractivity contribution in [1.29, 1.82) is 0 Å². The zero-order valence-electron chi connectivity index (χ0n) is 10.1. The fourth-order valence-corrected chi connectivity index (χ4v) is 2.40. The van der Waals surface area contributed by atoms with Gasteiger partial charge in [-0.2, -0.15) is 0 Å². The molecule has 88 valence electrons. The quantitative estimate of drug-likeness (QED) is 0.684. The molecule has 1 heteroatoms. The monoisotopic (exact) mass is 234 g/mol. The Morgan fingerprint density at radius 2 is 1.56 bits per heavy atom. The van der Waals surface area contributed by atoms with Gasteiger partial charge in [0.1, 0.15) is 0 Å². The van der Waals surface area contributed by atoms with Gasteiger partial charge >= 0.3 is 0 Å². The summed E-state index contributed by atoms with van der Waals surface area (Å²) in [5.41, 5.74) is 4.05. The molecule has 0 saturated carbocycles. The number of benzene rings is 2. The highest BCUT2D eigenvalue weighted by Crippen LogP contribution is 2.26. The van der Waals surface area contributed by atoms with E-state index in [0.717, 1.165) is 29.5 Å². The number of allylic oxidation sites excluding steroid dienone is 1. The second-order valence-corrected chi connectivity index (χ2v) is 4.57. The van der Waals surface area contributed by atoms with Crippen LogP contribution >= 0.6 is 0 Å². The normalized spacial score (nSPS) is 16.7. The molecule has 0 N–H and O–H groups in total. The van der Waals surface area contributed by atoms with Gasteiger partial charge in [0, 0.05) is 11.1 Å². The standard InChI is InChI=1S/C17H14O/c18-17-15(12-13-6-2-1-3-7-13)11-10-14-8-4-5-9-16(14)17/h1-9,12H,10-11H2/b15-12+. The first-order valence-corrected chi connectivity index (χ1v) is 6.23. The van der Waals surface area contributed by atoms with Crippen molar-refractivity contribution in [2.24, 2.45) is 0 Å². The molecular formula is C17H14O. The van der Waals surface area contributed by atoms with Gasteiger partial charge in [-0.3, -0.25) is 4.79 Å². The molecule has 2 aromatic carbocycles. The summed E-state index contributed by atoms with van der Waals surface area (Å²) in [4.78, 5) is 12.4. The van der Waals surface area contributed by atoms with Crippen LogP contribution in [0, 0.1) is 0 Å². The van der Waals surface area contributed by atoms with Crippen molar-refractivity contribution in [3.8, 4) is 0 Å². The highest BCUT2D eigenvalue weighted by Gasteiger charge is 2.20. The zero-order valence-corrected chi connectivity index (χ0v) is 10.1. The van der Waals surface area contributed by atoms with E-state index in [1.807, 2.05) is 60.7 Å². The number of rotatable bonds is 1. The van der Waals surface area contributed by atoms with Crippen LogP contribution < -0.4 is 0 Å². The van der Waals surface area contributed by atoms with Crippen LogP contribution in [-0.2, 0) is 6.42 Å². The maximum absolute atomic E-state index is 12.4. The number of fused-ring (bicyclic) bond motifs is 1. The number of aryl methyl sites for hydroxylation is 1. The Morgan fingerprint density at radius 3 is 2.39 bits per heavy atom. The Hall–Kier alpha value is -2.15. The predicted molar refractivity (Wildman–Crippen MR) is 73.5 cm³/mol. The first-order chi connectivity index (χ1) is 8.84. The molecule has 0 radical (unpaired) electrons. The molecule has 0 fully saturated rings. The lowest BCUT2D eigenvalue weighted by Crippen LogP contribution is -2.13. The van der Waals surface area contributed by atoms with Gasteiger partial charge in [-0.25, -0.2) is 0 Å². The van der Waals surface area contributed by atoms with Crippen molar-refractivity contribution < 1.29 is 4.79 Å². The van der Waals surface area contributed by atoms with Crippen LogP contribution in [0.3, 0.4) is 0 Å². The number of hydrogen-bond acceptors (Lipinski definition) is 1. The van der Waals surface area contributed by atoms with Gasteiger partial charge in [0.25, 0.3) is 0 Å². The number of ketones is 1. The van der Waals surface area contributed by atoms with Gasteiger partial charge in [0.2, 0.25) is 0 Å². The molecule has 1 aliphatic carbocycles. The van der Waals surface area contributed by atoms with E-state index in [4.69, 9.17) is 0 Å². The highest BCUT2D eigenvalue weighted by molar-refractivity contribution is 6.13. The summed E-state index contributed by atoms with van der Waals surface area (Å²) in [7, 11) is 0. The smallest absolute Gasteiger partial charge is 0.189 e. The molecular weight excluding hydrogens is 220 g/mol. The third kappa shape index (κ3) is 2.00. The van der Waals surface area contributed by atoms with Crippen LogP contribution in [0.5, 0.6) is 0 Å². The van der Waals surface area contributed by atoms with E-state index in [1.54, 1.807) is 0 Å². The minimum atomic E-state index is 0.181. The number of Topliss-reactive ketones (excluding diaryl/α,β-unsaturated/α-hetero) is 1. The van der Waals surface area contributed by atoms with Crippen LogP contribution in [0.4, 0.5) is 0 Å². The Kier molecular flexibility index (Phi) is 2.81. The molecule has 0 saturated heterocycles. The average Bonchev–Trinajstić information content (AvgIpc) is 2.43. The molecule has 1 aliphatic rings. The lowest BCUT2D eigenvalue weighted by molar-refractivity contribution is 0.102. The minimum Gasteiger partial charge on any atom is -0.289 e. The largest absolute Gasteiger partial charge is 0.289 e. The van der Waals surface area contributed by atoms with E-state index in [2.05, 4.69) is 0 Å². The van der Waals surface area contributed by atoms with Crippen molar-refractivity contribution in [3.63, 3.8) is 0 Å². The molecule has 18 heavy (non-hydrogen) atoms. The third-order valence-corrected chi connectivity index (χ3v) is 3.36. The second-order valence-electron chi connectivity index (χ2n) is 4.57. The maximum Gasteiger partial charge on any atom is 0.189 e. The van der Waals surface area contributed by atoms with Crippen LogP contribution in [0.15, 0.2) is 60.2 Å². The Bertz CT molecular complexity index is 609. The van der Waals surface area contributed by atoms with E-state index in [0.29, 0.717) is 0 Å². The molecule has 0 aliphatic heterocycles. The van der Waals surface area contributed by atoms with Crippen LogP contribution in [0.1, 0.15) is 27.9 Å². The van der Waals surface area contributed by atoms with Crippen LogP contribution in [0.2, 0.25) is 0 Å². The van der Waals surface area contributed by atoms with E-state index < -0.39 is 0 Å². The van der Waals surface area contributed by atoms with E-state index in [1.165, 1.54) is 5.56 Å². The lowest BCUT2D eigenvalue weighted by Gasteiger charge is -2.17. The summed E-state index contributed by atoms with van der Waals surface area (Å²) in [6.07, 6.45) is 3.81. The molecule has 0 unspecified atom stereocenters. The SMILES string of the molecule is O=C1/C(=C/c2ccccc2)CCc2ccccc21. The molecule has 1 nitrogen and oxygen atoms in total. The summed E-state index contributed by atoms with van der Waals surface area (Å²) in [5, 5.41) is 0. The molecule has 3 rings (SSSR count). The summed E-state index contributed by atoms with van der Waals surface area (Å²) >= 11 is 0. The fraction of sp³-hybridized carbons (Fsp3) is 0.118. The average molecular weight is 234 g/mol. The van der Waals surface area contributed by atoms with E-state index in [-0.39, 0.29) is 5.78 Å². The third-order valence-electron chi connectivity index (χ3n) is 3.36. The first kappa shape index (κ1) is 11.0. The second kappa shape index (κ2) is 4.61. The minimum absolute atomic E-state index is 0.181. The van der Waals surface area contributed by atoms with E-state index in [9.17, 15) is 4.79 Å². The molecule has 2 aromatic rings. The summed E-state index contributed by atoms with van der Waals surface area (Å²) in [5.74, 6) is 0.181. The highest BCUT2D eigenvalue weighted by atomic mass is 16.1. The van der Waals surface area contributed by atoms with Gasteiger partial charge in [0.15, 0.2) is 5.78 Å². The Balaban J connectivity index is 1.98. The lowest BCUT2D eigenvalue weighted by atomic mass is 9.86. The van der Waals surface area contributed by atoms with Crippen LogP contribution in [-0.4, -0.2) is 5.78 Å². The number of carbonyl (C=O) groups is 1. The molecule has 0 heterocycles. The molecule has 0 aromatic heterocycles. The fourth-order valence-electron chi connectivity index (χ4n) is 2.40. The molecule has 0 amide bonds. The molecule has 0 atom stereocenters. The van der Waals surface area contributed by atoms with Gasteiger partial charge in [-0.1, -0.05) is 54.6 Å². The van der Waals surface area contributed by atoms with Crippen LogP contribution in [0.25, 0.3) is 6.08 Å². The van der Waals surface area contributed by atoms with Gasteiger partial charge < -0.3 is 0 Å². The van der Waals surface area contributed by atoms with Crippen molar-refractivity contribution in [2.45, 2.75) is 12.8 Å². The van der Waals surface area contributed by atoms with Gasteiger partial charge in [-0.15, -0.1) is 0 Å². The van der Waals surface area contributed by atoms with Crippen molar-refractivity contribution in [3.05, 3.63) is 76.9 Å². The summed E-state index contributed by atoms with van der Waals surface area (Å²) in [6.45, 7) is 0. The van der Waals surface area contributed by atoms with Gasteiger partial charge in [-0.05, 0) is 30.0 Å². The first-order valence-electron chi connectivity index (χ1n) is 6.23. The van der Waals surface area contributed by atoms with Gasteiger partial charge in [0.05, 0.1) is 0 Å². The summed E-state index contributed by atoms with van der Waals surface area (Å²) in [6, 6.07) is 17.9. The van der Waals surface area contributed by atoms with Crippen molar-refractivity contribution >= 4 is 11.9 Å². The number of carbonyl (C=O) groups excluding carboxylic acids is 1. The zero-order chi connectivity index (χ0) is 12.4. The molecule has 0 spiro atoms. The number of hydrogen-bond donors (Lipinski definition) is 0. The Morgan fingerprint density at radius 1 is 0.833 bits per heavy atom. The maximum atomic E-state index is 12.4. The molecule has 0 bridgehead atoms. The van der Waals surface area contributed by atoms with Crippen molar-refractivity contribution in [1.82, 2.24) is 0 Å². The topological polar surface area (TPSA) is 17.1 Å². The predicted octanol–water partition coefficient (Wildman–Crippen LogP) is 3.90. The van der Waals surface area contributed by atoms with Crippen molar-refractivity contribution in [2.75, 3.05) is 0 Å².